The largest absolute Gasteiger partial charge is 0.493 e. The Hall–Kier alpha value is -2.79. The third-order valence-electron chi connectivity index (χ3n) is 8.13. The quantitative estimate of drug-likeness (QED) is 0.439. The minimum Gasteiger partial charge on any atom is -0.493 e. The molecule has 1 atom stereocenters. The Bertz CT molecular complexity index is 1090. The van der Waals surface area contributed by atoms with Gasteiger partial charge in [-0.2, -0.15) is 0 Å². The van der Waals surface area contributed by atoms with Crippen LogP contribution < -0.4 is 14.4 Å². The van der Waals surface area contributed by atoms with E-state index in [2.05, 4.69) is 35.4 Å². The molecule has 0 saturated carbocycles. The second-order valence-electron chi connectivity index (χ2n) is 10.4. The highest BCUT2D eigenvalue weighted by atomic mass is 16.5. The molecule has 0 radical (unpaired) electrons. The van der Waals surface area contributed by atoms with Crippen molar-refractivity contribution in [1.82, 2.24) is 4.90 Å². The first-order chi connectivity index (χ1) is 17.0. The van der Waals surface area contributed by atoms with Crippen LogP contribution in [-0.2, 0) is 12.8 Å². The van der Waals surface area contributed by atoms with Crippen LogP contribution in [-0.4, -0.2) is 50.1 Å². The third kappa shape index (κ3) is 5.11. The number of likely N-dealkylation sites (tertiary alicyclic amines) is 1. The maximum absolute atomic E-state index is 13.1. The van der Waals surface area contributed by atoms with Gasteiger partial charge in [0, 0.05) is 36.0 Å². The molecule has 1 unspecified atom stereocenters. The van der Waals surface area contributed by atoms with Crippen molar-refractivity contribution in [1.29, 1.82) is 0 Å². The third-order valence-corrected chi connectivity index (χ3v) is 8.13. The van der Waals surface area contributed by atoms with E-state index in [1.807, 2.05) is 24.3 Å². The van der Waals surface area contributed by atoms with E-state index in [4.69, 9.17) is 9.47 Å². The molecule has 5 rings (SSSR count). The lowest BCUT2D eigenvalue weighted by Gasteiger charge is -2.36. The average Bonchev–Trinajstić information content (AvgIpc) is 3.33. The Morgan fingerprint density at radius 1 is 1.06 bits per heavy atom. The summed E-state index contributed by atoms with van der Waals surface area (Å²) >= 11 is 0. The number of ether oxygens (including phenoxy) is 2. The molecule has 5 nitrogen and oxygen atoms in total. The SMILES string of the molecule is C=C1CCc2cc(C(=O)CCC3CCN(C(C)COc4ccccc4OC)CC3)cc3c2N1CC3. The van der Waals surface area contributed by atoms with Gasteiger partial charge >= 0.3 is 0 Å². The minimum atomic E-state index is 0.313. The Labute approximate surface area is 209 Å². The van der Waals surface area contributed by atoms with Crippen LogP contribution in [0, 0.1) is 5.92 Å². The fourth-order valence-corrected chi connectivity index (χ4v) is 5.94. The number of aryl methyl sites for hydroxylation is 1. The lowest BCUT2D eigenvalue weighted by atomic mass is 9.88. The van der Waals surface area contributed by atoms with E-state index in [0.717, 1.165) is 75.2 Å². The lowest BCUT2D eigenvalue weighted by molar-refractivity contribution is 0.0909. The van der Waals surface area contributed by atoms with Crippen LogP contribution >= 0.6 is 0 Å². The van der Waals surface area contributed by atoms with Gasteiger partial charge in [-0.3, -0.25) is 9.69 Å². The zero-order chi connectivity index (χ0) is 24.4. The first kappa shape index (κ1) is 23.9. The Balaban J connectivity index is 1.09. The van der Waals surface area contributed by atoms with Gasteiger partial charge in [0.2, 0.25) is 0 Å². The highest BCUT2D eigenvalue weighted by Crippen LogP contribution is 2.40. The maximum Gasteiger partial charge on any atom is 0.162 e. The van der Waals surface area contributed by atoms with E-state index in [0.29, 0.717) is 30.8 Å². The average molecular weight is 475 g/mol. The number of hydrogen-bond acceptors (Lipinski definition) is 5. The first-order valence-electron chi connectivity index (χ1n) is 13.2. The molecule has 0 spiro atoms. The van der Waals surface area contributed by atoms with Gasteiger partial charge < -0.3 is 14.4 Å². The number of rotatable bonds is 9. The summed E-state index contributed by atoms with van der Waals surface area (Å²) in [6.07, 6.45) is 7.00. The molecule has 35 heavy (non-hydrogen) atoms. The summed E-state index contributed by atoms with van der Waals surface area (Å²) in [5.74, 6) is 2.52. The van der Waals surface area contributed by atoms with E-state index in [1.165, 1.54) is 22.5 Å². The molecule has 186 valence electrons. The smallest absolute Gasteiger partial charge is 0.162 e. The van der Waals surface area contributed by atoms with Crippen molar-refractivity contribution in [2.75, 3.05) is 38.3 Å². The summed E-state index contributed by atoms with van der Waals surface area (Å²) in [4.78, 5) is 18.0. The van der Waals surface area contributed by atoms with Crippen molar-refractivity contribution in [3.05, 3.63) is 65.4 Å². The van der Waals surface area contributed by atoms with Crippen molar-refractivity contribution < 1.29 is 14.3 Å². The molecule has 0 aliphatic carbocycles. The second-order valence-corrected chi connectivity index (χ2v) is 10.4. The molecule has 0 amide bonds. The Morgan fingerprint density at radius 2 is 1.77 bits per heavy atom. The molecule has 0 aromatic heterocycles. The molecular weight excluding hydrogens is 436 g/mol. The predicted octanol–water partition coefficient (Wildman–Crippen LogP) is 5.66. The van der Waals surface area contributed by atoms with Crippen molar-refractivity contribution in [2.45, 2.75) is 57.9 Å². The number of ketones is 1. The molecule has 0 bridgehead atoms. The lowest BCUT2D eigenvalue weighted by Crippen LogP contribution is -2.42. The highest BCUT2D eigenvalue weighted by molar-refractivity contribution is 5.97. The van der Waals surface area contributed by atoms with E-state index in [-0.39, 0.29) is 0 Å². The number of piperidine rings is 1. The fourth-order valence-electron chi connectivity index (χ4n) is 5.94. The predicted molar refractivity (Wildman–Crippen MR) is 141 cm³/mol. The maximum atomic E-state index is 13.1. The number of methoxy groups -OCH3 is 1. The number of para-hydroxylation sites is 2. The fraction of sp³-hybridized carbons (Fsp3) is 0.500. The van der Waals surface area contributed by atoms with Gasteiger partial charge in [-0.15, -0.1) is 0 Å². The molecule has 1 fully saturated rings. The van der Waals surface area contributed by atoms with E-state index >= 15 is 0 Å². The molecule has 3 aliphatic heterocycles. The van der Waals surface area contributed by atoms with Crippen LogP contribution in [0.4, 0.5) is 5.69 Å². The van der Waals surface area contributed by atoms with E-state index in [1.54, 1.807) is 7.11 Å². The van der Waals surface area contributed by atoms with Gasteiger partial charge in [0.1, 0.15) is 6.61 Å². The topological polar surface area (TPSA) is 42.0 Å². The standard InChI is InChI=1S/C30H38N2O3/c1-21-8-10-24-18-26(19-25-14-17-32(21)30(24)25)27(33)11-9-23-12-15-31(16-13-23)22(2)20-35-29-7-5-4-6-28(29)34-3/h4-7,18-19,22-23H,1,8-17,20H2,2-3H3. The molecule has 5 heteroatoms. The summed E-state index contributed by atoms with van der Waals surface area (Å²) in [7, 11) is 1.67. The zero-order valence-electron chi connectivity index (χ0n) is 21.2. The Kier molecular flexibility index (Phi) is 7.14. The number of allylic oxidation sites excluding steroid dienone is 1. The van der Waals surface area contributed by atoms with Crippen molar-refractivity contribution in [2.24, 2.45) is 5.92 Å². The number of carbonyl (C=O) groups is 1. The van der Waals surface area contributed by atoms with Gasteiger partial charge in [0.25, 0.3) is 0 Å². The van der Waals surface area contributed by atoms with Gasteiger partial charge in [0.05, 0.1) is 7.11 Å². The van der Waals surface area contributed by atoms with Gasteiger partial charge in [-0.25, -0.2) is 0 Å². The molecule has 1 saturated heterocycles. The highest BCUT2D eigenvalue weighted by Gasteiger charge is 2.29. The number of anilines is 1. The van der Waals surface area contributed by atoms with Crippen LogP contribution in [0.2, 0.25) is 0 Å². The van der Waals surface area contributed by atoms with Gasteiger partial charge in [-0.05, 0) is 99.8 Å². The second kappa shape index (κ2) is 10.4. The normalized spacial score (nSPS) is 18.9. The number of nitrogens with zero attached hydrogens (tertiary/aromatic N) is 2. The number of hydrogen-bond donors (Lipinski definition) is 0. The number of carbonyl (C=O) groups excluding carboxylic acids is 1. The molecule has 2 aromatic carbocycles. The van der Waals surface area contributed by atoms with Crippen molar-refractivity contribution >= 4 is 11.5 Å². The first-order valence-corrected chi connectivity index (χ1v) is 13.2. The summed E-state index contributed by atoms with van der Waals surface area (Å²) < 4.78 is 11.4. The van der Waals surface area contributed by atoms with Gasteiger partial charge in [-0.1, -0.05) is 18.7 Å². The van der Waals surface area contributed by atoms with Crippen LogP contribution in [0.3, 0.4) is 0 Å². The minimum absolute atomic E-state index is 0.313. The summed E-state index contributed by atoms with van der Waals surface area (Å²) in [6.45, 7) is 10.3. The molecule has 3 heterocycles. The van der Waals surface area contributed by atoms with Crippen molar-refractivity contribution in [3.63, 3.8) is 0 Å². The van der Waals surface area contributed by atoms with E-state index in [9.17, 15) is 4.79 Å². The molecular formula is C30H38N2O3. The van der Waals surface area contributed by atoms with Crippen LogP contribution in [0.25, 0.3) is 0 Å². The summed E-state index contributed by atoms with van der Waals surface area (Å²) in [5.41, 5.74) is 6.17. The molecule has 3 aliphatic rings. The number of Topliss-reactive ketones (excluding diaryl/α,β-unsaturated/α-hetero) is 1. The summed E-state index contributed by atoms with van der Waals surface area (Å²) in [5, 5.41) is 0. The number of benzene rings is 2. The van der Waals surface area contributed by atoms with Gasteiger partial charge in [0.15, 0.2) is 17.3 Å². The van der Waals surface area contributed by atoms with Crippen LogP contribution in [0.15, 0.2) is 48.7 Å². The van der Waals surface area contributed by atoms with Crippen molar-refractivity contribution in [3.8, 4) is 11.5 Å². The molecule has 2 aromatic rings. The Morgan fingerprint density at radius 3 is 2.51 bits per heavy atom. The monoisotopic (exact) mass is 474 g/mol. The summed E-state index contributed by atoms with van der Waals surface area (Å²) in [6, 6.07) is 12.5. The van der Waals surface area contributed by atoms with Crippen LogP contribution in [0.5, 0.6) is 11.5 Å². The molecule has 0 N–H and O–H groups in total. The zero-order valence-corrected chi connectivity index (χ0v) is 21.2. The van der Waals surface area contributed by atoms with Crippen LogP contribution in [0.1, 0.15) is 60.5 Å². The van der Waals surface area contributed by atoms with E-state index < -0.39 is 0 Å².